The molecule has 0 spiro atoms. The van der Waals surface area contributed by atoms with Crippen LogP contribution < -0.4 is 10.1 Å². The van der Waals surface area contributed by atoms with Crippen LogP contribution in [-0.2, 0) is 15.0 Å². The summed E-state index contributed by atoms with van der Waals surface area (Å²) in [6.45, 7) is 1.35. The van der Waals surface area contributed by atoms with Crippen LogP contribution in [0.1, 0.15) is 56.9 Å². The average molecular weight is 370 g/mol. The van der Waals surface area contributed by atoms with Gasteiger partial charge in [-0.25, -0.2) is 0 Å². The van der Waals surface area contributed by atoms with Crippen molar-refractivity contribution in [1.82, 2.24) is 10.2 Å². The largest absolute Gasteiger partial charge is 0.496 e. The van der Waals surface area contributed by atoms with Gasteiger partial charge in [-0.05, 0) is 44.6 Å². The lowest BCUT2D eigenvalue weighted by Crippen LogP contribution is -2.49. The smallest absolute Gasteiger partial charge is 0.242 e. The summed E-state index contributed by atoms with van der Waals surface area (Å²) >= 11 is 0. The number of hydrogen-bond acceptors (Lipinski definition) is 3. The van der Waals surface area contributed by atoms with E-state index in [0.717, 1.165) is 50.8 Å². The molecule has 1 unspecified atom stereocenters. The van der Waals surface area contributed by atoms with E-state index in [1.807, 2.05) is 23.1 Å². The minimum absolute atomic E-state index is 0.0164. The van der Waals surface area contributed by atoms with Crippen molar-refractivity contribution in [3.8, 4) is 5.75 Å². The molecule has 1 saturated heterocycles. The second-order valence-electron chi connectivity index (χ2n) is 8.37. The molecule has 2 saturated carbocycles. The minimum Gasteiger partial charge on any atom is -0.496 e. The standard InChI is InChI=1S/C22H30N2O3/c1-27-19-9-3-2-7-17(19)22(12-4-5-13-22)15-23-20(25)18-8-6-14-24(18)21(26)16-10-11-16/h2-3,7,9,16,18H,4-6,8,10-15H2,1H3,(H,23,25). The first-order valence-corrected chi connectivity index (χ1v) is 10.4. The predicted molar refractivity (Wildman–Crippen MR) is 104 cm³/mol. The van der Waals surface area contributed by atoms with Crippen molar-refractivity contribution in [3.63, 3.8) is 0 Å². The molecular formula is C22H30N2O3. The molecule has 0 bridgehead atoms. The first kappa shape index (κ1) is 18.3. The quantitative estimate of drug-likeness (QED) is 0.837. The van der Waals surface area contributed by atoms with Crippen molar-refractivity contribution in [2.24, 2.45) is 5.92 Å². The van der Waals surface area contributed by atoms with Crippen molar-refractivity contribution in [2.45, 2.75) is 62.8 Å². The van der Waals surface area contributed by atoms with E-state index >= 15 is 0 Å². The van der Waals surface area contributed by atoms with Crippen molar-refractivity contribution in [1.29, 1.82) is 0 Å². The summed E-state index contributed by atoms with van der Waals surface area (Å²) in [5.74, 6) is 1.28. The molecule has 27 heavy (non-hydrogen) atoms. The van der Waals surface area contributed by atoms with E-state index < -0.39 is 0 Å². The summed E-state index contributed by atoms with van der Waals surface area (Å²) in [6, 6.07) is 7.89. The highest BCUT2D eigenvalue weighted by Crippen LogP contribution is 2.44. The lowest BCUT2D eigenvalue weighted by molar-refractivity contribution is -0.139. The SMILES string of the molecule is COc1ccccc1C1(CNC(=O)C2CCCN2C(=O)C2CC2)CCCC1. The maximum Gasteiger partial charge on any atom is 0.242 e. The third kappa shape index (κ3) is 3.56. The van der Waals surface area contributed by atoms with Crippen LogP contribution in [0.3, 0.4) is 0 Å². The fourth-order valence-corrected chi connectivity index (χ4v) is 4.92. The summed E-state index contributed by atoms with van der Waals surface area (Å²) < 4.78 is 5.61. The Hall–Kier alpha value is -2.04. The number of methoxy groups -OCH3 is 1. The van der Waals surface area contributed by atoms with Gasteiger partial charge >= 0.3 is 0 Å². The van der Waals surface area contributed by atoms with Gasteiger partial charge in [0.25, 0.3) is 0 Å². The van der Waals surface area contributed by atoms with Crippen LogP contribution in [0.15, 0.2) is 24.3 Å². The van der Waals surface area contributed by atoms with E-state index in [1.54, 1.807) is 7.11 Å². The van der Waals surface area contributed by atoms with Crippen molar-refractivity contribution in [2.75, 3.05) is 20.2 Å². The Labute approximate surface area is 161 Å². The number of likely N-dealkylation sites (tertiary alicyclic amines) is 1. The number of hydrogen-bond donors (Lipinski definition) is 1. The molecule has 3 aliphatic rings. The second kappa shape index (κ2) is 7.53. The molecule has 4 rings (SSSR count). The van der Waals surface area contributed by atoms with Crippen molar-refractivity contribution < 1.29 is 14.3 Å². The Bertz CT molecular complexity index is 707. The molecular weight excluding hydrogens is 340 g/mol. The number of carbonyl (C=O) groups excluding carboxylic acids is 2. The third-order valence-electron chi connectivity index (χ3n) is 6.61. The Morgan fingerprint density at radius 2 is 1.89 bits per heavy atom. The van der Waals surface area contributed by atoms with Gasteiger partial charge in [-0.2, -0.15) is 0 Å². The Morgan fingerprint density at radius 3 is 2.59 bits per heavy atom. The van der Waals surface area contributed by atoms with Gasteiger partial charge in [0, 0.05) is 30.0 Å². The molecule has 5 nitrogen and oxygen atoms in total. The average Bonchev–Trinajstić information content (AvgIpc) is 3.24. The number of amides is 2. The van der Waals surface area contributed by atoms with Crippen LogP contribution in [0.25, 0.3) is 0 Å². The number of benzene rings is 1. The van der Waals surface area contributed by atoms with Crippen molar-refractivity contribution >= 4 is 11.8 Å². The van der Waals surface area contributed by atoms with Gasteiger partial charge < -0.3 is 15.0 Å². The summed E-state index contributed by atoms with van der Waals surface area (Å²) in [5.41, 5.74) is 1.13. The molecule has 3 fully saturated rings. The zero-order chi connectivity index (χ0) is 18.9. The molecule has 2 amide bonds. The number of rotatable bonds is 6. The summed E-state index contributed by atoms with van der Waals surface area (Å²) in [5, 5.41) is 3.21. The van der Waals surface area contributed by atoms with Crippen LogP contribution in [0.5, 0.6) is 5.75 Å². The number of para-hydroxylation sites is 1. The molecule has 0 radical (unpaired) electrons. The fraction of sp³-hybridized carbons (Fsp3) is 0.636. The van der Waals surface area contributed by atoms with Gasteiger partial charge in [0.05, 0.1) is 7.11 Å². The first-order chi connectivity index (χ1) is 13.1. The topological polar surface area (TPSA) is 58.6 Å². The molecule has 5 heteroatoms. The van der Waals surface area contributed by atoms with Gasteiger partial charge in [0.2, 0.25) is 11.8 Å². The molecule has 2 aliphatic carbocycles. The molecule has 1 aromatic rings. The van der Waals surface area contributed by atoms with Crippen molar-refractivity contribution in [3.05, 3.63) is 29.8 Å². The van der Waals surface area contributed by atoms with Gasteiger partial charge in [-0.3, -0.25) is 9.59 Å². The van der Waals surface area contributed by atoms with E-state index in [1.165, 1.54) is 18.4 Å². The highest BCUT2D eigenvalue weighted by Gasteiger charge is 2.42. The van der Waals surface area contributed by atoms with Crippen LogP contribution in [0.2, 0.25) is 0 Å². The number of nitrogens with one attached hydrogen (secondary N) is 1. The maximum absolute atomic E-state index is 13.0. The Balaban J connectivity index is 1.47. The monoisotopic (exact) mass is 370 g/mol. The van der Waals surface area contributed by atoms with E-state index in [4.69, 9.17) is 4.74 Å². The first-order valence-electron chi connectivity index (χ1n) is 10.4. The Morgan fingerprint density at radius 1 is 1.15 bits per heavy atom. The maximum atomic E-state index is 13.0. The molecule has 146 valence electrons. The normalized spacial score (nSPS) is 24.0. The van der Waals surface area contributed by atoms with Crippen LogP contribution >= 0.6 is 0 Å². The molecule has 1 N–H and O–H groups in total. The molecule has 1 aromatic carbocycles. The highest BCUT2D eigenvalue weighted by molar-refractivity contribution is 5.90. The fourth-order valence-electron chi connectivity index (χ4n) is 4.92. The summed E-state index contributed by atoms with van der Waals surface area (Å²) in [7, 11) is 1.71. The van der Waals surface area contributed by atoms with Gasteiger partial charge in [-0.15, -0.1) is 0 Å². The molecule has 1 aliphatic heterocycles. The second-order valence-corrected chi connectivity index (χ2v) is 8.37. The number of ether oxygens (including phenoxy) is 1. The number of carbonyl (C=O) groups is 2. The van der Waals surface area contributed by atoms with Crippen LogP contribution in [-0.4, -0.2) is 43.0 Å². The van der Waals surface area contributed by atoms with E-state index in [0.29, 0.717) is 6.54 Å². The highest BCUT2D eigenvalue weighted by atomic mass is 16.5. The molecule has 1 atom stereocenters. The zero-order valence-electron chi connectivity index (χ0n) is 16.2. The third-order valence-corrected chi connectivity index (χ3v) is 6.61. The summed E-state index contributed by atoms with van der Waals surface area (Å²) in [6.07, 6.45) is 8.14. The van der Waals surface area contributed by atoms with E-state index in [2.05, 4.69) is 11.4 Å². The Kier molecular flexibility index (Phi) is 5.11. The zero-order valence-corrected chi connectivity index (χ0v) is 16.2. The predicted octanol–water partition coefficient (Wildman–Crippen LogP) is 3.02. The van der Waals surface area contributed by atoms with Gasteiger partial charge in [0.15, 0.2) is 0 Å². The van der Waals surface area contributed by atoms with Gasteiger partial charge in [0.1, 0.15) is 11.8 Å². The lowest BCUT2D eigenvalue weighted by atomic mass is 9.78. The lowest BCUT2D eigenvalue weighted by Gasteiger charge is -2.32. The van der Waals surface area contributed by atoms with Crippen LogP contribution in [0.4, 0.5) is 0 Å². The van der Waals surface area contributed by atoms with Crippen LogP contribution in [0, 0.1) is 5.92 Å². The minimum atomic E-state index is -0.283. The van der Waals surface area contributed by atoms with E-state index in [-0.39, 0.29) is 29.2 Å². The van der Waals surface area contributed by atoms with E-state index in [9.17, 15) is 9.59 Å². The molecule has 1 heterocycles. The molecule has 0 aromatic heterocycles. The van der Waals surface area contributed by atoms with Gasteiger partial charge in [-0.1, -0.05) is 31.0 Å². The summed E-state index contributed by atoms with van der Waals surface area (Å²) in [4.78, 5) is 27.3. The number of nitrogens with zero attached hydrogens (tertiary/aromatic N) is 1.